The van der Waals surface area contributed by atoms with E-state index in [1.54, 1.807) is 0 Å². The molecule has 0 heterocycles. The van der Waals surface area contributed by atoms with Gasteiger partial charge in [0.15, 0.2) is 0 Å². The van der Waals surface area contributed by atoms with E-state index in [1.807, 2.05) is 6.07 Å². The topological polar surface area (TPSA) is 0 Å². The molecule has 0 radical (unpaired) electrons. The van der Waals surface area contributed by atoms with Gasteiger partial charge in [-0.3, -0.25) is 0 Å². The molecular weight excluding hydrogens is 247 g/mol. The van der Waals surface area contributed by atoms with Crippen LogP contribution < -0.4 is 0 Å². The number of benzene rings is 1. The van der Waals surface area contributed by atoms with Gasteiger partial charge in [-0.25, -0.2) is 0 Å². The van der Waals surface area contributed by atoms with E-state index < -0.39 is 0 Å². The number of hydrogen-bond donors (Lipinski definition) is 0. The summed E-state index contributed by atoms with van der Waals surface area (Å²) in [6.07, 6.45) is 1.10. The van der Waals surface area contributed by atoms with Crippen molar-refractivity contribution in [3.63, 3.8) is 0 Å². The van der Waals surface area contributed by atoms with Crippen molar-refractivity contribution in [2.45, 2.75) is 26.1 Å². The Kier molecular flexibility index (Phi) is 4.27. The Balaban J connectivity index is 2.94. The summed E-state index contributed by atoms with van der Waals surface area (Å²) in [5.41, 5.74) is 2.61. The summed E-state index contributed by atoms with van der Waals surface area (Å²) in [7, 11) is 0. The molecule has 0 aromatic heterocycles. The van der Waals surface area contributed by atoms with Crippen LogP contribution in [0.25, 0.3) is 0 Å². The number of rotatable bonds is 3. The Bertz CT molecular complexity index is 281. The molecular formula is C11H14BrCl. The summed E-state index contributed by atoms with van der Waals surface area (Å²) in [6, 6.07) is 6.30. The first-order valence-corrected chi connectivity index (χ1v) is 5.79. The highest BCUT2D eigenvalue weighted by Crippen LogP contribution is 2.20. The molecule has 0 fully saturated rings. The van der Waals surface area contributed by atoms with Gasteiger partial charge in [0.05, 0.1) is 0 Å². The van der Waals surface area contributed by atoms with Crippen molar-refractivity contribution in [2.24, 2.45) is 5.92 Å². The molecule has 72 valence electrons. The third kappa shape index (κ3) is 3.32. The van der Waals surface area contributed by atoms with Gasteiger partial charge in [0.25, 0.3) is 0 Å². The van der Waals surface area contributed by atoms with Gasteiger partial charge in [-0.05, 0) is 35.6 Å². The van der Waals surface area contributed by atoms with E-state index in [0.717, 1.165) is 10.9 Å². The zero-order chi connectivity index (χ0) is 9.84. The normalized spacial score (nSPS) is 10.8. The standard InChI is InChI=1S/C11H14BrCl/c1-8(2)5-10-6-11(12)4-3-9(10)7-13/h3-4,6,8H,5,7H2,1-2H3. The fourth-order valence-corrected chi connectivity index (χ4v) is 2.02. The fourth-order valence-electron chi connectivity index (χ4n) is 1.35. The van der Waals surface area contributed by atoms with Crippen LogP contribution in [0.2, 0.25) is 0 Å². The molecule has 0 spiro atoms. The maximum absolute atomic E-state index is 5.85. The van der Waals surface area contributed by atoms with Crippen LogP contribution in [0.3, 0.4) is 0 Å². The highest BCUT2D eigenvalue weighted by atomic mass is 79.9. The van der Waals surface area contributed by atoms with Crippen molar-refractivity contribution >= 4 is 27.5 Å². The first-order chi connectivity index (χ1) is 6.13. The molecule has 13 heavy (non-hydrogen) atoms. The van der Waals surface area contributed by atoms with E-state index in [4.69, 9.17) is 11.6 Å². The van der Waals surface area contributed by atoms with Gasteiger partial charge in [0, 0.05) is 10.4 Å². The van der Waals surface area contributed by atoms with Gasteiger partial charge in [-0.2, -0.15) is 0 Å². The summed E-state index contributed by atoms with van der Waals surface area (Å²) in [6.45, 7) is 4.44. The predicted octanol–water partition coefficient (Wildman–Crippen LogP) is 4.39. The average Bonchev–Trinajstić information content (AvgIpc) is 2.03. The number of halogens is 2. The molecule has 2 heteroatoms. The molecule has 0 bridgehead atoms. The second kappa shape index (κ2) is 5.02. The average molecular weight is 262 g/mol. The van der Waals surface area contributed by atoms with Crippen molar-refractivity contribution in [1.29, 1.82) is 0 Å². The molecule has 0 aliphatic heterocycles. The molecule has 0 aliphatic rings. The smallest absolute Gasteiger partial charge is 0.0476 e. The van der Waals surface area contributed by atoms with E-state index in [9.17, 15) is 0 Å². The molecule has 0 aliphatic carbocycles. The van der Waals surface area contributed by atoms with Crippen LogP contribution in [0.4, 0.5) is 0 Å². The zero-order valence-corrected chi connectivity index (χ0v) is 10.3. The second-order valence-corrected chi connectivity index (χ2v) is 4.83. The Morgan fingerprint density at radius 1 is 1.31 bits per heavy atom. The van der Waals surface area contributed by atoms with E-state index >= 15 is 0 Å². The maximum atomic E-state index is 5.85. The van der Waals surface area contributed by atoms with Crippen LogP contribution >= 0.6 is 27.5 Å². The molecule has 0 N–H and O–H groups in total. The van der Waals surface area contributed by atoms with Gasteiger partial charge >= 0.3 is 0 Å². The van der Waals surface area contributed by atoms with Crippen LogP contribution in [-0.2, 0) is 12.3 Å². The van der Waals surface area contributed by atoms with E-state index in [-0.39, 0.29) is 0 Å². The van der Waals surface area contributed by atoms with Crippen molar-refractivity contribution < 1.29 is 0 Å². The highest BCUT2D eigenvalue weighted by Gasteiger charge is 2.04. The molecule has 0 unspecified atom stereocenters. The summed E-state index contributed by atoms with van der Waals surface area (Å²) in [4.78, 5) is 0. The third-order valence-corrected chi connectivity index (χ3v) is 2.72. The molecule has 1 aromatic carbocycles. The lowest BCUT2D eigenvalue weighted by Gasteiger charge is -2.09. The third-order valence-electron chi connectivity index (χ3n) is 1.94. The minimum Gasteiger partial charge on any atom is -0.122 e. The monoisotopic (exact) mass is 260 g/mol. The SMILES string of the molecule is CC(C)Cc1cc(Br)ccc1CCl. The molecule has 1 aromatic rings. The fraction of sp³-hybridized carbons (Fsp3) is 0.455. The lowest BCUT2D eigenvalue weighted by molar-refractivity contribution is 0.644. The minimum atomic E-state index is 0.606. The quantitative estimate of drug-likeness (QED) is 0.708. The summed E-state index contributed by atoms with van der Waals surface area (Å²) in [5.74, 6) is 1.28. The van der Waals surface area contributed by atoms with Crippen molar-refractivity contribution in [2.75, 3.05) is 0 Å². The van der Waals surface area contributed by atoms with Crippen LogP contribution in [0, 0.1) is 5.92 Å². The van der Waals surface area contributed by atoms with Crippen molar-refractivity contribution in [3.8, 4) is 0 Å². The molecule has 1 rings (SSSR count). The summed E-state index contributed by atoms with van der Waals surface area (Å²) < 4.78 is 1.14. The molecule has 0 amide bonds. The number of hydrogen-bond acceptors (Lipinski definition) is 0. The van der Waals surface area contributed by atoms with Gasteiger partial charge < -0.3 is 0 Å². The van der Waals surface area contributed by atoms with Gasteiger partial charge in [-0.1, -0.05) is 35.8 Å². The Hall–Kier alpha value is -0.0100. The highest BCUT2D eigenvalue weighted by molar-refractivity contribution is 9.10. The van der Waals surface area contributed by atoms with Gasteiger partial charge in [0.2, 0.25) is 0 Å². The molecule has 0 saturated heterocycles. The predicted molar refractivity (Wildman–Crippen MR) is 62.2 cm³/mol. The Labute approximate surface area is 93.4 Å². The van der Waals surface area contributed by atoms with Crippen molar-refractivity contribution in [1.82, 2.24) is 0 Å². The second-order valence-electron chi connectivity index (χ2n) is 3.64. The van der Waals surface area contributed by atoms with E-state index in [0.29, 0.717) is 11.8 Å². The Morgan fingerprint density at radius 2 is 2.00 bits per heavy atom. The molecule has 0 atom stereocenters. The first-order valence-electron chi connectivity index (χ1n) is 4.46. The Morgan fingerprint density at radius 3 is 2.54 bits per heavy atom. The molecule has 0 nitrogen and oxygen atoms in total. The molecule has 0 saturated carbocycles. The number of alkyl halides is 1. The van der Waals surface area contributed by atoms with Crippen LogP contribution in [-0.4, -0.2) is 0 Å². The lowest BCUT2D eigenvalue weighted by Crippen LogP contribution is -1.98. The van der Waals surface area contributed by atoms with E-state index in [2.05, 4.69) is 41.9 Å². The minimum absolute atomic E-state index is 0.606. The van der Waals surface area contributed by atoms with Crippen LogP contribution in [0.5, 0.6) is 0 Å². The van der Waals surface area contributed by atoms with E-state index in [1.165, 1.54) is 11.1 Å². The maximum Gasteiger partial charge on any atom is 0.0476 e. The lowest BCUT2D eigenvalue weighted by atomic mass is 9.99. The van der Waals surface area contributed by atoms with Crippen LogP contribution in [0.15, 0.2) is 22.7 Å². The summed E-state index contributed by atoms with van der Waals surface area (Å²) >= 11 is 9.32. The summed E-state index contributed by atoms with van der Waals surface area (Å²) in [5, 5.41) is 0. The van der Waals surface area contributed by atoms with Gasteiger partial charge in [-0.15, -0.1) is 11.6 Å². The zero-order valence-electron chi connectivity index (χ0n) is 7.98. The van der Waals surface area contributed by atoms with Crippen LogP contribution in [0.1, 0.15) is 25.0 Å². The largest absolute Gasteiger partial charge is 0.122 e. The van der Waals surface area contributed by atoms with Gasteiger partial charge in [0.1, 0.15) is 0 Å². The van der Waals surface area contributed by atoms with Crippen molar-refractivity contribution in [3.05, 3.63) is 33.8 Å². The first kappa shape index (κ1) is 11.1.